The molecular weight excluding hydrogens is 380 g/mol. The van der Waals surface area contributed by atoms with Gasteiger partial charge in [-0.1, -0.05) is 48.0 Å². The smallest absolute Gasteiger partial charge is 0.268 e. The summed E-state index contributed by atoms with van der Waals surface area (Å²) in [5.74, 6) is 0.429. The topological polar surface area (TPSA) is 59.3 Å². The predicted octanol–water partition coefficient (Wildman–Crippen LogP) is 4.69. The van der Waals surface area contributed by atoms with Crippen molar-refractivity contribution in [3.63, 3.8) is 0 Å². The van der Waals surface area contributed by atoms with E-state index in [1.165, 1.54) is 10.4 Å². The van der Waals surface area contributed by atoms with Gasteiger partial charge < -0.3 is 0 Å². The van der Waals surface area contributed by atoms with E-state index in [9.17, 15) is 4.79 Å². The van der Waals surface area contributed by atoms with E-state index in [1.807, 2.05) is 61.5 Å². The summed E-state index contributed by atoms with van der Waals surface area (Å²) in [6.07, 6.45) is 4.83. The molecule has 29 heavy (non-hydrogen) atoms. The quantitative estimate of drug-likeness (QED) is 0.399. The Kier molecular flexibility index (Phi) is 4.48. The first-order valence-electron chi connectivity index (χ1n) is 9.69. The van der Waals surface area contributed by atoms with Crippen LogP contribution in [0.2, 0.25) is 0 Å². The normalized spacial score (nSPS) is 13.3. The molecule has 0 bridgehead atoms. The second kappa shape index (κ2) is 7.29. The van der Waals surface area contributed by atoms with E-state index in [4.69, 9.17) is 4.98 Å². The molecule has 6 heteroatoms. The average Bonchev–Trinajstić information content (AvgIpc) is 3.31. The lowest BCUT2D eigenvalue weighted by Crippen LogP contribution is -2.22. The van der Waals surface area contributed by atoms with Crippen molar-refractivity contribution in [3.8, 4) is 5.69 Å². The van der Waals surface area contributed by atoms with Gasteiger partial charge in [0.15, 0.2) is 0 Å². The van der Waals surface area contributed by atoms with Crippen LogP contribution in [0.25, 0.3) is 15.9 Å². The Bertz CT molecular complexity index is 1270. The maximum Gasteiger partial charge on any atom is 0.268 e. The fraction of sp³-hybridized carbons (Fsp3) is 0.174. The Hall–Kier alpha value is -3.25. The molecular formula is C23H20N4OS. The molecule has 5 rings (SSSR count). The Balaban J connectivity index is 1.65. The first kappa shape index (κ1) is 17.8. The highest BCUT2D eigenvalue weighted by Gasteiger charge is 2.23. The molecule has 4 aromatic rings. The summed E-state index contributed by atoms with van der Waals surface area (Å²) in [5, 5.41) is 5.10. The number of anilines is 1. The van der Waals surface area contributed by atoms with Crippen LogP contribution in [0.15, 0.2) is 64.5 Å². The van der Waals surface area contributed by atoms with Gasteiger partial charge in [-0.05, 0) is 49.4 Å². The second-order valence-corrected chi connectivity index (χ2v) is 8.31. The molecule has 1 N–H and O–H groups in total. The molecule has 1 aliphatic rings. The van der Waals surface area contributed by atoms with Crippen molar-refractivity contribution >= 4 is 33.7 Å². The zero-order valence-corrected chi connectivity index (χ0v) is 16.9. The average molecular weight is 401 g/mol. The molecule has 2 aromatic carbocycles. The van der Waals surface area contributed by atoms with E-state index in [0.29, 0.717) is 5.95 Å². The van der Waals surface area contributed by atoms with Crippen LogP contribution in [0, 0.1) is 6.92 Å². The summed E-state index contributed by atoms with van der Waals surface area (Å²) < 4.78 is 1.63. The largest absolute Gasteiger partial charge is 0.268 e. The number of aryl methyl sites for hydroxylation is 3. The number of hydrogen-bond acceptors (Lipinski definition) is 5. The molecule has 0 aliphatic heterocycles. The fourth-order valence-corrected chi connectivity index (χ4v) is 5.01. The first-order valence-corrected chi connectivity index (χ1v) is 10.5. The van der Waals surface area contributed by atoms with Gasteiger partial charge in [-0.3, -0.25) is 4.79 Å². The fourth-order valence-electron chi connectivity index (χ4n) is 3.76. The Morgan fingerprint density at radius 1 is 1.10 bits per heavy atom. The SMILES string of the molecule is Cc1ccc(-n2c(N/N=C\c3ccccc3)nc3sc4c(c3c2=O)CCC4)cc1. The molecule has 0 radical (unpaired) electrons. The number of hydrogen-bond donors (Lipinski definition) is 1. The van der Waals surface area contributed by atoms with Gasteiger partial charge in [0.05, 0.1) is 17.3 Å². The van der Waals surface area contributed by atoms with Crippen molar-refractivity contribution in [2.24, 2.45) is 5.10 Å². The van der Waals surface area contributed by atoms with Gasteiger partial charge in [0, 0.05) is 4.88 Å². The zero-order valence-electron chi connectivity index (χ0n) is 16.1. The van der Waals surface area contributed by atoms with Crippen molar-refractivity contribution in [3.05, 3.63) is 86.5 Å². The standard InChI is InChI=1S/C23H20N4OS/c1-15-10-12-17(13-11-15)27-22(28)20-18-8-5-9-19(18)29-21(20)25-23(27)26-24-14-16-6-3-2-4-7-16/h2-4,6-7,10-14H,5,8-9H2,1H3,(H,25,26)/b24-14-. The van der Waals surface area contributed by atoms with E-state index in [1.54, 1.807) is 22.1 Å². The highest BCUT2D eigenvalue weighted by molar-refractivity contribution is 7.18. The third-order valence-electron chi connectivity index (χ3n) is 5.21. The van der Waals surface area contributed by atoms with Gasteiger partial charge in [-0.15, -0.1) is 11.3 Å². The van der Waals surface area contributed by atoms with Crippen molar-refractivity contribution < 1.29 is 0 Å². The summed E-state index contributed by atoms with van der Waals surface area (Å²) in [7, 11) is 0. The summed E-state index contributed by atoms with van der Waals surface area (Å²) in [6.45, 7) is 2.03. The Morgan fingerprint density at radius 3 is 2.69 bits per heavy atom. The lowest BCUT2D eigenvalue weighted by atomic mass is 10.2. The second-order valence-electron chi connectivity index (χ2n) is 7.23. The lowest BCUT2D eigenvalue weighted by Gasteiger charge is -2.12. The van der Waals surface area contributed by atoms with E-state index in [2.05, 4.69) is 10.5 Å². The summed E-state index contributed by atoms with van der Waals surface area (Å²) >= 11 is 1.63. The van der Waals surface area contributed by atoms with Gasteiger partial charge in [0.2, 0.25) is 5.95 Å². The van der Waals surface area contributed by atoms with Crippen molar-refractivity contribution in [2.45, 2.75) is 26.2 Å². The summed E-state index contributed by atoms with van der Waals surface area (Å²) in [5.41, 5.74) is 7.05. The molecule has 0 unspecified atom stereocenters. The number of rotatable bonds is 4. The molecule has 0 saturated carbocycles. The number of hydrazone groups is 1. The molecule has 2 heterocycles. The molecule has 0 saturated heterocycles. The number of fused-ring (bicyclic) bond motifs is 3. The highest BCUT2D eigenvalue weighted by Crippen LogP contribution is 2.35. The van der Waals surface area contributed by atoms with Crippen LogP contribution in [0.5, 0.6) is 0 Å². The van der Waals surface area contributed by atoms with Crippen LogP contribution in [0.4, 0.5) is 5.95 Å². The van der Waals surface area contributed by atoms with Crippen LogP contribution in [0.3, 0.4) is 0 Å². The van der Waals surface area contributed by atoms with Crippen molar-refractivity contribution in [2.75, 3.05) is 5.43 Å². The van der Waals surface area contributed by atoms with Gasteiger partial charge in [0.1, 0.15) is 4.83 Å². The number of nitrogens with zero attached hydrogens (tertiary/aromatic N) is 3. The zero-order chi connectivity index (χ0) is 19.8. The van der Waals surface area contributed by atoms with Crippen molar-refractivity contribution in [1.29, 1.82) is 0 Å². The minimum atomic E-state index is -0.0318. The molecule has 0 atom stereocenters. The number of thiophene rings is 1. The first-order chi connectivity index (χ1) is 14.2. The summed E-state index contributed by atoms with van der Waals surface area (Å²) in [4.78, 5) is 20.4. The van der Waals surface area contributed by atoms with Gasteiger partial charge in [-0.2, -0.15) is 5.10 Å². The van der Waals surface area contributed by atoms with E-state index >= 15 is 0 Å². The number of aromatic nitrogens is 2. The van der Waals surface area contributed by atoms with Crippen LogP contribution < -0.4 is 11.0 Å². The molecule has 144 valence electrons. The van der Waals surface area contributed by atoms with Gasteiger partial charge in [-0.25, -0.2) is 15.0 Å². The van der Waals surface area contributed by atoms with E-state index < -0.39 is 0 Å². The highest BCUT2D eigenvalue weighted by atomic mass is 32.1. The molecule has 2 aromatic heterocycles. The molecule has 5 nitrogen and oxygen atoms in total. The Labute approximate surface area is 172 Å². The Morgan fingerprint density at radius 2 is 1.90 bits per heavy atom. The maximum absolute atomic E-state index is 13.5. The molecule has 1 aliphatic carbocycles. The van der Waals surface area contributed by atoms with Gasteiger partial charge in [0.25, 0.3) is 5.56 Å². The van der Waals surface area contributed by atoms with E-state index in [0.717, 1.165) is 46.3 Å². The maximum atomic E-state index is 13.5. The van der Waals surface area contributed by atoms with Crippen LogP contribution >= 0.6 is 11.3 Å². The number of benzene rings is 2. The molecule has 0 spiro atoms. The van der Waals surface area contributed by atoms with Gasteiger partial charge >= 0.3 is 0 Å². The van der Waals surface area contributed by atoms with Crippen molar-refractivity contribution in [1.82, 2.24) is 9.55 Å². The third-order valence-corrected chi connectivity index (χ3v) is 6.39. The monoisotopic (exact) mass is 400 g/mol. The minimum absolute atomic E-state index is 0.0318. The summed E-state index contributed by atoms with van der Waals surface area (Å²) in [6, 6.07) is 17.7. The van der Waals surface area contributed by atoms with Crippen LogP contribution in [-0.4, -0.2) is 15.8 Å². The molecule has 0 fully saturated rings. The molecule has 0 amide bonds. The van der Waals surface area contributed by atoms with E-state index in [-0.39, 0.29) is 5.56 Å². The third kappa shape index (κ3) is 3.25. The lowest BCUT2D eigenvalue weighted by molar-refractivity contribution is 0.913. The van der Waals surface area contributed by atoms with Crippen LogP contribution in [0.1, 0.15) is 28.0 Å². The predicted molar refractivity (Wildman–Crippen MR) is 120 cm³/mol. The van der Waals surface area contributed by atoms with Crippen LogP contribution in [-0.2, 0) is 12.8 Å². The number of nitrogens with one attached hydrogen (secondary N) is 1. The minimum Gasteiger partial charge on any atom is -0.268 e.